The summed E-state index contributed by atoms with van der Waals surface area (Å²) in [5.41, 5.74) is 0. The predicted molar refractivity (Wildman–Crippen MR) is 50.5 cm³/mol. The molecule has 0 aromatic carbocycles. The Morgan fingerprint density at radius 2 is 1.56 bits per heavy atom. The van der Waals surface area contributed by atoms with Gasteiger partial charge in [-0.25, -0.2) is 9.59 Å². The van der Waals surface area contributed by atoms with Gasteiger partial charge in [0.25, 0.3) is 0 Å². The van der Waals surface area contributed by atoms with Crippen molar-refractivity contribution < 1.29 is 88.4 Å². The van der Waals surface area contributed by atoms with E-state index in [4.69, 9.17) is 0 Å². The summed E-state index contributed by atoms with van der Waals surface area (Å²) in [5, 5.41) is 22.6. The van der Waals surface area contributed by atoms with E-state index in [1.807, 2.05) is 0 Å². The molecule has 0 aliphatic heterocycles. The van der Waals surface area contributed by atoms with E-state index in [0.717, 1.165) is 7.11 Å². The van der Waals surface area contributed by atoms with Gasteiger partial charge in [-0.1, -0.05) is 11.5 Å². The molecule has 0 saturated heterocycles. The van der Waals surface area contributed by atoms with Crippen LogP contribution in [0.25, 0.3) is 0 Å². The third-order valence-electron chi connectivity index (χ3n) is 1.65. The van der Waals surface area contributed by atoms with Gasteiger partial charge in [0.2, 0.25) is 0 Å². The number of thiophene rings is 1. The molecule has 0 unspecified atom stereocenters. The number of carbonyl (C=O) groups is 2. The molecule has 1 aromatic heterocycles. The fourth-order valence-corrected chi connectivity index (χ4v) is 1.84. The third kappa shape index (κ3) is 4.41. The van der Waals surface area contributed by atoms with Crippen molar-refractivity contribution in [2.45, 2.75) is 6.92 Å². The van der Waals surface area contributed by atoms with Crippen molar-refractivity contribution in [1.29, 1.82) is 0 Å². The summed E-state index contributed by atoms with van der Waals surface area (Å²) in [4.78, 5) is 21.5. The zero-order valence-electron chi connectivity index (χ0n) is 10.6. The quantitative estimate of drug-likeness (QED) is 0.406. The van der Waals surface area contributed by atoms with Crippen LogP contribution in [-0.2, 0) is 9.47 Å². The minimum atomic E-state index is -1.03. The molecule has 0 saturated carbocycles. The molecule has 1 aromatic rings. The Balaban J connectivity index is 0. The Hall–Kier alpha value is 0.240. The van der Waals surface area contributed by atoms with Crippen LogP contribution in [0.5, 0.6) is 11.5 Å². The number of ether oxygens (including phenoxy) is 2. The average Bonchev–Trinajstić information content (AvgIpc) is 2.56. The van der Waals surface area contributed by atoms with Crippen LogP contribution in [0.3, 0.4) is 0 Å². The Bertz CT molecular complexity index is 431. The Morgan fingerprint density at radius 1 is 1.11 bits per heavy atom. The monoisotopic (exact) mass is 290 g/mol. The molecular formula is C9H8Na2O6S. The molecule has 0 aliphatic carbocycles. The zero-order chi connectivity index (χ0) is 12.3. The van der Waals surface area contributed by atoms with E-state index in [1.54, 1.807) is 6.92 Å². The molecule has 88 valence electrons. The summed E-state index contributed by atoms with van der Waals surface area (Å²) in [5.74, 6) is -3.88. The normalized spacial score (nSPS) is 8.78. The van der Waals surface area contributed by atoms with Gasteiger partial charge < -0.3 is 19.7 Å². The van der Waals surface area contributed by atoms with Crippen LogP contribution in [0.15, 0.2) is 0 Å². The summed E-state index contributed by atoms with van der Waals surface area (Å²) < 4.78 is 8.88. The second-order valence-electron chi connectivity index (χ2n) is 2.63. The minimum absolute atomic E-state index is 0. The molecule has 0 spiro atoms. The van der Waals surface area contributed by atoms with Gasteiger partial charge in [-0.05, 0) is 6.92 Å². The molecule has 0 amide bonds. The van der Waals surface area contributed by atoms with E-state index in [-0.39, 0.29) is 65.7 Å². The first-order valence-electron chi connectivity index (χ1n) is 4.29. The van der Waals surface area contributed by atoms with Crippen molar-refractivity contribution in [3.63, 3.8) is 0 Å². The number of esters is 2. The summed E-state index contributed by atoms with van der Waals surface area (Å²) in [7, 11) is 1.08. The van der Waals surface area contributed by atoms with Gasteiger partial charge in [0.1, 0.15) is 9.75 Å². The van der Waals surface area contributed by atoms with Gasteiger partial charge in [-0.15, -0.1) is 11.3 Å². The van der Waals surface area contributed by atoms with E-state index in [2.05, 4.69) is 9.47 Å². The van der Waals surface area contributed by atoms with E-state index in [9.17, 15) is 19.8 Å². The maximum Gasteiger partial charge on any atom is 1.00 e. The second kappa shape index (κ2) is 9.19. The fourth-order valence-electron chi connectivity index (χ4n) is 0.959. The molecule has 0 bridgehead atoms. The summed E-state index contributed by atoms with van der Waals surface area (Å²) in [6.07, 6.45) is 0. The molecule has 18 heavy (non-hydrogen) atoms. The van der Waals surface area contributed by atoms with E-state index in [0.29, 0.717) is 11.3 Å². The Kier molecular flexibility index (Phi) is 10.5. The van der Waals surface area contributed by atoms with Crippen LogP contribution in [0, 0.1) is 0 Å². The maximum atomic E-state index is 11.3. The second-order valence-corrected chi connectivity index (χ2v) is 3.65. The predicted octanol–water partition coefficient (Wildman–Crippen LogP) is -6.13. The number of rotatable bonds is 3. The molecule has 1 heterocycles. The summed E-state index contributed by atoms with van der Waals surface area (Å²) in [6.45, 7) is 1.65. The maximum absolute atomic E-state index is 11.3. The van der Waals surface area contributed by atoms with Crippen molar-refractivity contribution in [3.05, 3.63) is 9.75 Å². The van der Waals surface area contributed by atoms with Gasteiger partial charge in [0.15, 0.2) is 0 Å². The van der Waals surface area contributed by atoms with Gasteiger partial charge in [-0.2, -0.15) is 0 Å². The molecule has 0 fully saturated rings. The van der Waals surface area contributed by atoms with Crippen LogP contribution in [0.2, 0.25) is 0 Å². The standard InChI is InChI=1S/C9H10O6S.2Na/c1-3-15-9(13)7-5(11)4(10)6(16-7)8(12)14-2;;/h10-11H,3H2,1-2H3;;/q;2*+1/p-2. The topological polar surface area (TPSA) is 98.7 Å². The first-order chi connectivity index (χ1) is 7.52. The largest absolute Gasteiger partial charge is 1.00 e. The fraction of sp³-hybridized carbons (Fsp3) is 0.333. The van der Waals surface area contributed by atoms with Crippen LogP contribution in [0.4, 0.5) is 0 Å². The van der Waals surface area contributed by atoms with Crippen LogP contribution in [-0.4, -0.2) is 25.7 Å². The van der Waals surface area contributed by atoms with Crippen molar-refractivity contribution >= 4 is 23.3 Å². The van der Waals surface area contributed by atoms with Gasteiger partial charge >= 0.3 is 71.1 Å². The van der Waals surface area contributed by atoms with E-state index < -0.39 is 33.2 Å². The number of carbonyl (C=O) groups excluding carboxylic acids is 2. The van der Waals surface area contributed by atoms with E-state index >= 15 is 0 Å². The molecular weight excluding hydrogens is 282 g/mol. The first kappa shape index (κ1) is 20.6. The summed E-state index contributed by atoms with van der Waals surface area (Å²) >= 11 is 0.493. The SMILES string of the molecule is CCOC(=O)c1sc(C(=O)OC)c([O-])c1[O-].[Na+].[Na+]. The Labute approximate surface area is 152 Å². The molecule has 0 atom stereocenters. The Morgan fingerprint density at radius 3 is 1.94 bits per heavy atom. The summed E-state index contributed by atoms with van der Waals surface area (Å²) in [6, 6.07) is 0. The smallest absolute Gasteiger partial charge is 0.872 e. The average molecular weight is 290 g/mol. The number of hydrogen-bond acceptors (Lipinski definition) is 7. The van der Waals surface area contributed by atoms with Gasteiger partial charge in [0, 0.05) is 0 Å². The molecule has 6 nitrogen and oxygen atoms in total. The molecule has 0 N–H and O–H groups in total. The van der Waals surface area contributed by atoms with Crippen LogP contribution >= 0.6 is 11.3 Å². The molecule has 1 rings (SSSR count). The molecule has 9 heteroatoms. The number of methoxy groups -OCH3 is 1. The van der Waals surface area contributed by atoms with E-state index in [1.165, 1.54) is 0 Å². The van der Waals surface area contributed by atoms with Crippen molar-refractivity contribution in [1.82, 2.24) is 0 Å². The van der Waals surface area contributed by atoms with Crippen LogP contribution < -0.4 is 69.3 Å². The minimum Gasteiger partial charge on any atom is -0.872 e. The van der Waals surface area contributed by atoms with Crippen molar-refractivity contribution in [2.24, 2.45) is 0 Å². The van der Waals surface area contributed by atoms with Crippen molar-refractivity contribution in [2.75, 3.05) is 13.7 Å². The van der Waals surface area contributed by atoms with Crippen molar-refractivity contribution in [3.8, 4) is 11.5 Å². The van der Waals surface area contributed by atoms with Crippen LogP contribution in [0.1, 0.15) is 26.3 Å². The zero-order valence-corrected chi connectivity index (χ0v) is 15.4. The van der Waals surface area contributed by atoms with Gasteiger partial charge in [-0.3, -0.25) is 0 Å². The third-order valence-corrected chi connectivity index (χ3v) is 2.77. The number of hydrogen-bond donors (Lipinski definition) is 0. The first-order valence-corrected chi connectivity index (χ1v) is 5.10. The molecule has 0 aliphatic rings. The van der Waals surface area contributed by atoms with Gasteiger partial charge in [0.05, 0.1) is 13.7 Å². The molecule has 0 radical (unpaired) electrons.